The summed E-state index contributed by atoms with van der Waals surface area (Å²) in [4.78, 5) is 29.8. The molecule has 7 heteroatoms. The predicted octanol–water partition coefficient (Wildman–Crippen LogP) is 4.23. The van der Waals surface area contributed by atoms with Gasteiger partial charge in [0, 0.05) is 48.9 Å². The third kappa shape index (κ3) is 5.58. The summed E-state index contributed by atoms with van der Waals surface area (Å²) >= 11 is 0. The summed E-state index contributed by atoms with van der Waals surface area (Å²) < 4.78 is 27.5. The van der Waals surface area contributed by atoms with Crippen LogP contribution in [-0.2, 0) is 6.54 Å². The summed E-state index contributed by atoms with van der Waals surface area (Å²) in [7, 11) is 0. The van der Waals surface area contributed by atoms with Crippen molar-refractivity contribution in [3.8, 4) is 0 Å². The molecule has 0 aromatic heterocycles. The molecule has 2 amide bonds. The SMILES string of the molecule is CC1CCCN(C2CCN(C(=O)c3ccc(C(=O)NCc4c(F)cccc4F)cc3)CC2)C1. The van der Waals surface area contributed by atoms with E-state index in [1.807, 2.05) is 4.90 Å². The molecule has 0 bridgehead atoms. The van der Waals surface area contributed by atoms with Crippen molar-refractivity contribution >= 4 is 11.8 Å². The van der Waals surface area contributed by atoms with Crippen LogP contribution in [0.4, 0.5) is 8.78 Å². The first-order valence-electron chi connectivity index (χ1n) is 11.8. The number of hydrogen-bond acceptors (Lipinski definition) is 3. The second-order valence-corrected chi connectivity index (χ2v) is 9.23. The van der Waals surface area contributed by atoms with Gasteiger partial charge in [0.25, 0.3) is 11.8 Å². The standard InChI is InChI=1S/C26H31F2N3O2/c1-18-4-3-13-31(17-18)21-11-14-30(15-12-21)26(33)20-9-7-19(8-10-20)25(32)29-16-22-23(27)5-2-6-24(22)28/h2,5-10,18,21H,3-4,11-17H2,1H3,(H,29,32). The number of carbonyl (C=O) groups is 2. The molecular weight excluding hydrogens is 424 g/mol. The Hall–Kier alpha value is -2.80. The number of nitrogens with one attached hydrogen (secondary N) is 1. The molecule has 0 spiro atoms. The van der Waals surface area contributed by atoms with Gasteiger partial charge in [-0.05, 0) is 74.5 Å². The van der Waals surface area contributed by atoms with E-state index in [4.69, 9.17) is 0 Å². The van der Waals surface area contributed by atoms with E-state index < -0.39 is 17.5 Å². The number of amides is 2. The highest BCUT2D eigenvalue weighted by molar-refractivity contribution is 5.97. The van der Waals surface area contributed by atoms with Crippen LogP contribution in [0.15, 0.2) is 42.5 Å². The van der Waals surface area contributed by atoms with Gasteiger partial charge in [0.1, 0.15) is 11.6 Å². The van der Waals surface area contributed by atoms with E-state index in [0.717, 1.165) is 57.1 Å². The van der Waals surface area contributed by atoms with E-state index in [0.29, 0.717) is 17.2 Å². The van der Waals surface area contributed by atoms with Crippen LogP contribution in [0.5, 0.6) is 0 Å². The molecule has 2 aromatic carbocycles. The average molecular weight is 456 g/mol. The van der Waals surface area contributed by atoms with E-state index in [1.54, 1.807) is 24.3 Å². The van der Waals surface area contributed by atoms with Crippen LogP contribution in [0.2, 0.25) is 0 Å². The van der Waals surface area contributed by atoms with Crippen molar-refractivity contribution in [3.05, 3.63) is 70.8 Å². The van der Waals surface area contributed by atoms with Gasteiger partial charge >= 0.3 is 0 Å². The minimum Gasteiger partial charge on any atom is -0.348 e. The first-order valence-corrected chi connectivity index (χ1v) is 11.8. The van der Waals surface area contributed by atoms with Crippen LogP contribution in [0.25, 0.3) is 0 Å². The number of nitrogens with zero attached hydrogens (tertiary/aromatic N) is 2. The smallest absolute Gasteiger partial charge is 0.253 e. The van der Waals surface area contributed by atoms with Crippen LogP contribution in [0.3, 0.4) is 0 Å². The fraction of sp³-hybridized carbons (Fsp3) is 0.462. The molecule has 2 saturated heterocycles. The molecule has 0 saturated carbocycles. The van der Waals surface area contributed by atoms with Gasteiger partial charge in [-0.2, -0.15) is 0 Å². The molecule has 2 aliphatic rings. The van der Waals surface area contributed by atoms with Crippen molar-refractivity contribution in [2.75, 3.05) is 26.2 Å². The van der Waals surface area contributed by atoms with Crippen molar-refractivity contribution in [2.24, 2.45) is 5.92 Å². The third-order valence-corrected chi connectivity index (χ3v) is 6.84. The lowest BCUT2D eigenvalue weighted by Crippen LogP contribution is -2.49. The van der Waals surface area contributed by atoms with Crippen molar-refractivity contribution in [1.29, 1.82) is 0 Å². The Morgan fingerprint density at radius 3 is 2.21 bits per heavy atom. The molecule has 2 fully saturated rings. The van der Waals surface area contributed by atoms with E-state index in [2.05, 4.69) is 17.1 Å². The van der Waals surface area contributed by atoms with Gasteiger partial charge in [-0.25, -0.2) is 8.78 Å². The molecule has 2 heterocycles. The van der Waals surface area contributed by atoms with Crippen LogP contribution in [0, 0.1) is 17.6 Å². The van der Waals surface area contributed by atoms with Gasteiger partial charge in [-0.1, -0.05) is 13.0 Å². The summed E-state index contributed by atoms with van der Waals surface area (Å²) in [6, 6.07) is 10.6. The number of piperidine rings is 2. The highest BCUT2D eigenvalue weighted by Gasteiger charge is 2.29. The van der Waals surface area contributed by atoms with Gasteiger partial charge in [-0.15, -0.1) is 0 Å². The Bertz CT molecular complexity index is 967. The summed E-state index contributed by atoms with van der Waals surface area (Å²) in [5.41, 5.74) is 0.693. The molecular formula is C26H31F2N3O2. The Morgan fingerprint density at radius 2 is 1.58 bits per heavy atom. The minimum atomic E-state index is -0.699. The zero-order valence-corrected chi connectivity index (χ0v) is 19.0. The topological polar surface area (TPSA) is 52.7 Å². The van der Waals surface area contributed by atoms with E-state index in [9.17, 15) is 18.4 Å². The van der Waals surface area contributed by atoms with Crippen molar-refractivity contribution in [1.82, 2.24) is 15.1 Å². The second kappa shape index (κ2) is 10.4. The summed E-state index contributed by atoms with van der Waals surface area (Å²) in [5, 5.41) is 2.53. The predicted molar refractivity (Wildman–Crippen MR) is 123 cm³/mol. The molecule has 1 unspecified atom stereocenters. The number of halogens is 2. The molecule has 2 aliphatic heterocycles. The molecule has 2 aromatic rings. The normalized spacial score (nSPS) is 20.0. The van der Waals surface area contributed by atoms with E-state index >= 15 is 0 Å². The molecule has 1 N–H and O–H groups in total. The summed E-state index contributed by atoms with van der Waals surface area (Å²) in [5.74, 6) is -1.13. The Balaban J connectivity index is 1.30. The molecule has 0 aliphatic carbocycles. The number of likely N-dealkylation sites (tertiary alicyclic amines) is 2. The average Bonchev–Trinajstić information content (AvgIpc) is 2.83. The highest BCUT2D eigenvalue weighted by Crippen LogP contribution is 2.24. The second-order valence-electron chi connectivity index (χ2n) is 9.23. The number of hydrogen-bond donors (Lipinski definition) is 1. The summed E-state index contributed by atoms with van der Waals surface area (Å²) in [6.45, 7) is 5.87. The first-order chi connectivity index (χ1) is 15.9. The zero-order chi connectivity index (χ0) is 23.4. The molecule has 176 valence electrons. The van der Waals surface area contributed by atoms with Gasteiger partial charge in [-0.3, -0.25) is 14.5 Å². The zero-order valence-electron chi connectivity index (χ0n) is 19.0. The Labute approximate surface area is 193 Å². The molecule has 0 radical (unpaired) electrons. The van der Waals surface area contributed by atoms with Crippen molar-refractivity contribution in [3.63, 3.8) is 0 Å². The first kappa shape index (κ1) is 23.4. The molecule has 5 nitrogen and oxygen atoms in total. The number of carbonyl (C=O) groups excluding carboxylic acids is 2. The molecule has 4 rings (SSSR count). The van der Waals surface area contributed by atoms with Crippen LogP contribution >= 0.6 is 0 Å². The highest BCUT2D eigenvalue weighted by atomic mass is 19.1. The van der Waals surface area contributed by atoms with Gasteiger partial charge in [0.15, 0.2) is 0 Å². The van der Waals surface area contributed by atoms with E-state index in [-0.39, 0.29) is 18.0 Å². The van der Waals surface area contributed by atoms with Crippen LogP contribution < -0.4 is 5.32 Å². The monoisotopic (exact) mass is 455 g/mol. The maximum absolute atomic E-state index is 13.7. The van der Waals surface area contributed by atoms with Crippen molar-refractivity contribution in [2.45, 2.75) is 45.2 Å². The minimum absolute atomic E-state index is 0.0270. The van der Waals surface area contributed by atoms with Crippen LogP contribution in [0.1, 0.15) is 58.9 Å². The lowest BCUT2D eigenvalue weighted by atomic mass is 9.95. The molecule has 33 heavy (non-hydrogen) atoms. The Kier molecular flexibility index (Phi) is 7.38. The Morgan fingerprint density at radius 1 is 0.939 bits per heavy atom. The van der Waals surface area contributed by atoms with Crippen molar-refractivity contribution < 1.29 is 18.4 Å². The number of benzene rings is 2. The van der Waals surface area contributed by atoms with E-state index in [1.165, 1.54) is 18.9 Å². The lowest BCUT2D eigenvalue weighted by Gasteiger charge is -2.41. The number of rotatable bonds is 5. The fourth-order valence-corrected chi connectivity index (χ4v) is 4.91. The quantitative estimate of drug-likeness (QED) is 0.734. The summed E-state index contributed by atoms with van der Waals surface area (Å²) in [6.07, 6.45) is 4.55. The maximum Gasteiger partial charge on any atom is 0.253 e. The third-order valence-electron chi connectivity index (χ3n) is 6.84. The van der Waals surface area contributed by atoms with Crippen LogP contribution in [-0.4, -0.2) is 53.8 Å². The molecule has 1 atom stereocenters. The maximum atomic E-state index is 13.7. The fourth-order valence-electron chi connectivity index (χ4n) is 4.91. The van der Waals surface area contributed by atoms with Gasteiger partial charge < -0.3 is 10.2 Å². The van der Waals surface area contributed by atoms with Gasteiger partial charge in [0.05, 0.1) is 0 Å². The largest absolute Gasteiger partial charge is 0.348 e. The van der Waals surface area contributed by atoms with Gasteiger partial charge in [0.2, 0.25) is 0 Å². The lowest BCUT2D eigenvalue weighted by molar-refractivity contribution is 0.0541.